The first-order valence-corrected chi connectivity index (χ1v) is 9.37. The molecular weight excluding hydrogens is 322 g/mol. The maximum atomic E-state index is 10.9. The smallest absolute Gasteiger partial charge is 0.294 e. The van der Waals surface area contributed by atoms with Gasteiger partial charge in [0.05, 0.1) is 4.92 Å². The van der Waals surface area contributed by atoms with Gasteiger partial charge in [-0.3, -0.25) is 20.0 Å². The van der Waals surface area contributed by atoms with Crippen molar-refractivity contribution < 1.29 is 4.92 Å². The Morgan fingerprint density at radius 2 is 1.88 bits per heavy atom. The van der Waals surface area contributed by atoms with Gasteiger partial charge in [-0.05, 0) is 42.5 Å². The lowest BCUT2D eigenvalue weighted by Gasteiger charge is -2.29. The highest BCUT2D eigenvalue weighted by atomic mass is 32.1. The summed E-state index contributed by atoms with van der Waals surface area (Å²) in [7, 11) is 0. The average Bonchev–Trinajstić information content (AvgIpc) is 3.05. The van der Waals surface area contributed by atoms with Crippen molar-refractivity contribution >= 4 is 16.3 Å². The van der Waals surface area contributed by atoms with Gasteiger partial charge in [0.25, 0.3) is 0 Å². The Balaban J connectivity index is 1.68. The zero-order chi connectivity index (χ0) is 16.8. The van der Waals surface area contributed by atoms with Gasteiger partial charge in [-0.25, -0.2) is 0 Å². The molecule has 0 N–H and O–H groups in total. The maximum Gasteiger partial charge on any atom is 0.324 e. The zero-order valence-corrected chi connectivity index (χ0v) is 14.6. The van der Waals surface area contributed by atoms with Crippen molar-refractivity contribution in [2.24, 2.45) is 5.92 Å². The summed E-state index contributed by atoms with van der Waals surface area (Å²) in [5.74, 6) is 0.746. The standard InChI is InChI=1S/C18H23N3O2S/c22-21(23)18-7-6-17(24-18)14-20(12-15-4-2-1-3-5-15)13-16-8-10-19-11-9-16/h6-11,15H,1-5,12-14H2. The Bertz CT molecular complexity index is 653. The second-order valence-corrected chi connectivity index (χ2v) is 7.67. The molecule has 0 bridgehead atoms. The molecule has 24 heavy (non-hydrogen) atoms. The number of rotatable bonds is 7. The first-order valence-electron chi connectivity index (χ1n) is 8.55. The zero-order valence-electron chi connectivity index (χ0n) is 13.8. The molecule has 6 heteroatoms. The fourth-order valence-corrected chi connectivity index (χ4v) is 4.30. The predicted molar refractivity (Wildman–Crippen MR) is 95.9 cm³/mol. The molecule has 0 radical (unpaired) electrons. The fourth-order valence-electron chi connectivity index (χ4n) is 3.44. The second-order valence-electron chi connectivity index (χ2n) is 6.53. The molecule has 2 heterocycles. The third-order valence-corrected chi connectivity index (χ3v) is 5.63. The molecule has 1 saturated carbocycles. The Kier molecular flexibility index (Phi) is 5.93. The van der Waals surface area contributed by atoms with Crippen LogP contribution >= 0.6 is 11.3 Å². The average molecular weight is 345 g/mol. The maximum absolute atomic E-state index is 10.9. The molecule has 3 rings (SSSR count). The third-order valence-electron chi connectivity index (χ3n) is 4.60. The Hall–Kier alpha value is -1.79. The van der Waals surface area contributed by atoms with Crippen molar-refractivity contribution in [2.75, 3.05) is 6.54 Å². The summed E-state index contributed by atoms with van der Waals surface area (Å²) in [4.78, 5) is 18.2. The summed E-state index contributed by atoms with van der Waals surface area (Å²) < 4.78 is 0. The Morgan fingerprint density at radius 3 is 2.54 bits per heavy atom. The van der Waals surface area contributed by atoms with Gasteiger partial charge in [0.2, 0.25) is 0 Å². The molecule has 0 aromatic carbocycles. The van der Waals surface area contributed by atoms with Gasteiger partial charge in [0, 0.05) is 43.0 Å². The highest BCUT2D eigenvalue weighted by Crippen LogP contribution is 2.28. The lowest BCUT2D eigenvalue weighted by molar-refractivity contribution is -0.380. The first kappa shape index (κ1) is 17.0. The highest BCUT2D eigenvalue weighted by Gasteiger charge is 2.19. The van der Waals surface area contributed by atoms with E-state index in [2.05, 4.69) is 9.88 Å². The van der Waals surface area contributed by atoms with E-state index in [0.717, 1.165) is 30.4 Å². The predicted octanol–water partition coefficient (Wildman–Crippen LogP) is 4.63. The van der Waals surface area contributed by atoms with Crippen LogP contribution in [-0.2, 0) is 13.1 Å². The molecule has 5 nitrogen and oxygen atoms in total. The molecule has 0 spiro atoms. The minimum atomic E-state index is -0.303. The van der Waals surface area contributed by atoms with Gasteiger partial charge < -0.3 is 0 Å². The molecule has 2 aromatic heterocycles. The van der Waals surface area contributed by atoms with E-state index in [1.54, 1.807) is 6.07 Å². The van der Waals surface area contributed by atoms with Crippen molar-refractivity contribution in [2.45, 2.75) is 45.2 Å². The molecule has 0 unspecified atom stereocenters. The molecule has 1 aliphatic carbocycles. The second kappa shape index (κ2) is 8.35. The molecule has 2 aromatic rings. The normalized spacial score (nSPS) is 15.7. The lowest BCUT2D eigenvalue weighted by atomic mass is 9.89. The molecule has 128 valence electrons. The number of nitrogens with zero attached hydrogens (tertiary/aromatic N) is 3. The topological polar surface area (TPSA) is 59.3 Å². The number of hydrogen-bond acceptors (Lipinski definition) is 5. The van der Waals surface area contributed by atoms with E-state index in [-0.39, 0.29) is 9.92 Å². The van der Waals surface area contributed by atoms with Gasteiger partial charge in [-0.15, -0.1) is 0 Å². The van der Waals surface area contributed by atoms with Gasteiger partial charge in [-0.1, -0.05) is 30.6 Å². The number of pyridine rings is 1. The molecule has 0 amide bonds. The summed E-state index contributed by atoms with van der Waals surface area (Å²) in [6.07, 6.45) is 10.3. The number of nitro groups is 1. The first-order chi connectivity index (χ1) is 11.7. The fraction of sp³-hybridized carbons (Fsp3) is 0.500. The van der Waals surface area contributed by atoms with E-state index >= 15 is 0 Å². The van der Waals surface area contributed by atoms with Crippen LogP contribution in [0.25, 0.3) is 0 Å². The van der Waals surface area contributed by atoms with E-state index in [0.29, 0.717) is 0 Å². The van der Waals surface area contributed by atoms with Crippen molar-refractivity contribution in [1.82, 2.24) is 9.88 Å². The molecular formula is C18H23N3O2S. The van der Waals surface area contributed by atoms with Gasteiger partial charge in [0.15, 0.2) is 0 Å². The van der Waals surface area contributed by atoms with E-state index in [4.69, 9.17) is 0 Å². The van der Waals surface area contributed by atoms with Gasteiger partial charge >= 0.3 is 5.00 Å². The van der Waals surface area contributed by atoms with E-state index in [1.165, 1.54) is 49.0 Å². The third kappa shape index (κ3) is 4.85. The molecule has 1 aliphatic rings. The Labute approximate surface area is 146 Å². The summed E-state index contributed by atoms with van der Waals surface area (Å²) in [6.45, 7) is 2.70. The van der Waals surface area contributed by atoms with Crippen molar-refractivity contribution in [3.8, 4) is 0 Å². The van der Waals surface area contributed by atoms with Crippen LogP contribution in [0.2, 0.25) is 0 Å². The van der Waals surface area contributed by atoms with Crippen LogP contribution in [0, 0.1) is 16.0 Å². The van der Waals surface area contributed by atoms with Crippen LogP contribution in [0.3, 0.4) is 0 Å². The molecule has 0 atom stereocenters. The molecule has 1 fully saturated rings. The minimum absolute atomic E-state index is 0.228. The van der Waals surface area contributed by atoms with E-state index in [1.807, 2.05) is 30.6 Å². The SMILES string of the molecule is O=[N+]([O-])c1ccc(CN(Cc2ccncc2)CC2CCCCC2)s1. The summed E-state index contributed by atoms with van der Waals surface area (Å²) >= 11 is 1.29. The summed E-state index contributed by atoms with van der Waals surface area (Å²) in [5.41, 5.74) is 1.24. The minimum Gasteiger partial charge on any atom is -0.294 e. The van der Waals surface area contributed by atoms with Crippen molar-refractivity contribution in [3.05, 3.63) is 57.2 Å². The van der Waals surface area contributed by atoms with E-state index < -0.39 is 0 Å². The largest absolute Gasteiger partial charge is 0.324 e. The number of aromatic nitrogens is 1. The lowest BCUT2D eigenvalue weighted by Crippen LogP contribution is -2.29. The van der Waals surface area contributed by atoms with Crippen molar-refractivity contribution in [3.63, 3.8) is 0 Å². The van der Waals surface area contributed by atoms with Crippen LogP contribution in [-0.4, -0.2) is 21.4 Å². The molecule has 0 aliphatic heterocycles. The van der Waals surface area contributed by atoms with E-state index in [9.17, 15) is 10.1 Å². The van der Waals surface area contributed by atoms with Gasteiger partial charge in [0.1, 0.15) is 0 Å². The Morgan fingerprint density at radius 1 is 1.12 bits per heavy atom. The number of hydrogen-bond donors (Lipinski definition) is 0. The van der Waals surface area contributed by atoms with Crippen LogP contribution < -0.4 is 0 Å². The van der Waals surface area contributed by atoms with Gasteiger partial charge in [-0.2, -0.15) is 0 Å². The quantitative estimate of drug-likeness (QED) is 0.542. The number of thiophene rings is 1. The van der Waals surface area contributed by atoms with Crippen LogP contribution in [0.15, 0.2) is 36.7 Å². The highest BCUT2D eigenvalue weighted by molar-refractivity contribution is 7.15. The van der Waals surface area contributed by atoms with Crippen LogP contribution in [0.1, 0.15) is 42.5 Å². The summed E-state index contributed by atoms with van der Waals surface area (Å²) in [6, 6.07) is 7.60. The van der Waals surface area contributed by atoms with Crippen LogP contribution in [0.5, 0.6) is 0 Å². The van der Waals surface area contributed by atoms with Crippen LogP contribution in [0.4, 0.5) is 5.00 Å². The monoisotopic (exact) mass is 345 g/mol. The molecule has 0 saturated heterocycles. The summed E-state index contributed by atoms with van der Waals surface area (Å²) in [5, 5.41) is 11.1. The van der Waals surface area contributed by atoms with Crippen molar-refractivity contribution in [1.29, 1.82) is 0 Å².